The minimum Gasteiger partial charge on any atom is -0.335 e. The van der Waals surface area contributed by atoms with Crippen LogP contribution in [0.2, 0.25) is 0 Å². The third-order valence-corrected chi connectivity index (χ3v) is 5.33. The first kappa shape index (κ1) is 14.1. The summed E-state index contributed by atoms with van der Waals surface area (Å²) in [7, 11) is 0. The molecule has 1 unspecified atom stereocenters. The number of benzene rings is 1. The third kappa shape index (κ3) is 2.39. The van der Waals surface area contributed by atoms with Crippen molar-refractivity contribution in [3.05, 3.63) is 35.4 Å². The fraction of sp³-hybridized carbons (Fsp3) is 0.611. The first-order valence-electron chi connectivity index (χ1n) is 8.43. The number of carbonyl (C=O) groups excluding carboxylic acids is 1. The molecule has 4 nitrogen and oxygen atoms in total. The second-order valence-electron chi connectivity index (χ2n) is 7.63. The van der Waals surface area contributed by atoms with E-state index in [-0.39, 0.29) is 11.4 Å². The van der Waals surface area contributed by atoms with Crippen LogP contribution in [0.15, 0.2) is 24.3 Å². The molecule has 118 valence electrons. The predicted octanol–water partition coefficient (Wildman–Crippen LogP) is 2.51. The largest absolute Gasteiger partial charge is 0.335 e. The van der Waals surface area contributed by atoms with Crippen molar-refractivity contribution >= 4 is 6.03 Å². The van der Waals surface area contributed by atoms with Gasteiger partial charge in [0.2, 0.25) is 0 Å². The Hall–Kier alpha value is -1.55. The van der Waals surface area contributed by atoms with Gasteiger partial charge in [0, 0.05) is 37.6 Å². The molecule has 0 spiro atoms. The number of nitrogens with zero attached hydrogens (tertiary/aromatic N) is 2. The molecular formula is C18H25N3O. The summed E-state index contributed by atoms with van der Waals surface area (Å²) in [4.78, 5) is 16.9. The standard InChI is InChI=1S/C18H25N3O/c1-18(2)12-21-10-9-20(17(22)19-13-7-8-13)11-16(21)14-5-3-4-6-15(14)18/h3-6,13,16H,7-12H2,1-2H3,(H,19,22). The van der Waals surface area contributed by atoms with Gasteiger partial charge in [-0.15, -0.1) is 0 Å². The van der Waals surface area contributed by atoms with Crippen LogP contribution in [0.25, 0.3) is 0 Å². The zero-order valence-corrected chi connectivity index (χ0v) is 13.5. The minimum atomic E-state index is 0.129. The molecule has 22 heavy (non-hydrogen) atoms. The minimum absolute atomic E-state index is 0.129. The van der Waals surface area contributed by atoms with Gasteiger partial charge >= 0.3 is 6.03 Å². The molecular weight excluding hydrogens is 274 g/mol. The Kier molecular flexibility index (Phi) is 3.19. The number of piperazine rings is 1. The summed E-state index contributed by atoms with van der Waals surface area (Å²) in [6.07, 6.45) is 2.29. The van der Waals surface area contributed by atoms with E-state index in [4.69, 9.17) is 0 Å². The topological polar surface area (TPSA) is 35.6 Å². The molecule has 1 aliphatic carbocycles. The van der Waals surface area contributed by atoms with Crippen molar-refractivity contribution in [3.63, 3.8) is 0 Å². The lowest BCUT2D eigenvalue weighted by molar-refractivity contribution is 0.0612. The van der Waals surface area contributed by atoms with Crippen molar-refractivity contribution in [2.24, 2.45) is 0 Å². The van der Waals surface area contributed by atoms with Gasteiger partial charge in [0.05, 0.1) is 6.04 Å². The highest BCUT2D eigenvalue weighted by Crippen LogP contribution is 2.40. The van der Waals surface area contributed by atoms with Crippen molar-refractivity contribution in [2.75, 3.05) is 26.2 Å². The molecule has 1 N–H and O–H groups in total. The van der Waals surface area contributed by atoms with E-state index in [1.807, 2.05) is 4.90 Å². The zero-order valence-electron chi connectivity index (χ0n) is 13.5. The molecule has 1 saturated carbocycles. The number of amides is 2. The van der Waals surface area contributed by atoms with Gasteiger partial charge in [-0.05, 0) is 24.0 Å². The average Bonchev–Trinajstić information content (AvgIpc) is 3.31. The fourth-order valence-corrected chi connectivity index (χ4v) is 3.98. The number of fused-ring (bicyclic) bond motifs is 3. The molecule has 4 heteroatoms. The van der Waals surface area contributed by atoms with Crippen LogP contribution in [0, 0.1) is 0 Å². The van der Waals surface area contributed by atoms with Crippen LogP contribution in [0.3, 0.4) is 0 Å². The molecule has 2 heterocycles. The van der Waals surface area contributed by atoms with Crippen LogP contribution in [0.5, 0.6) is 0 Å². The summed E-state index contributed by atoms with van der Waals surface area (Å²) >= 11 is 0. The summed E-state index contributed by atoms with van der Waals surface area (Å²) in [5.74, 6) is 0. The Morgan fingerprint density at radius 3 is 2.77 bits per heavy atom. The van der Waals surface area contributed by atoms with Gasteiger partial charge in [0.1, 0.15) is 0 Å². The Morgan fingerprint density at radius 2 is 2.00 bits per heavy atom. The number of hydrogen-bond acceptors (Lipinski definition) is 2. The van der Waals surface area contributed by atoms with E-state index in [0.29, 0.717) is 12.1 Å². The van der Waals surface area contributed by atoms with Gasteiger partial charge in [-0.25, -0.2) is 4.79 Å². The average molecular weight is 299 g/mol. The van der Waals surface area contributed by atoms with Crippen LogP contribution in [0.4, 0.5) is 4.79 Å². The quantitative estimate of drug-likeness (QED) is 0.865. The molecule has 3 aliphatic rings. The SMILES string of the molecule is CC1(C)CN2CCN(C(=O)NC3CC3)CC2c2ccccc21. The third-order valence-electron chi connectivity index (χ3n) is 5.33. The maximum absolute atomic E-state index is 12.4. The predicted molar refractivity (Wildman–Crippen MR) is 86.9 cm³/mol. The van der Waals surface area contributed by atoms with Crippen molar-refractivity contribution in [1.82, 2.24) is 15.1 Å². The molecule has 0 radical (unpaired) electrons. The number of urea groups is 1. The van der Waals surface area contributed by atoms with E-state index in [9.17, 15) is 4.79 Å². The van der Waals surface area contributed by atoms with Crippen molar-refractivity contribution in [2.45, 2.75) is 44.2 Å². The maximum atomic E-state index is 12.4. The van der Waals surface area contributed by atoms with E-state index in [0.717, 1.165) is 39.0 Å². The van der Waals surface area contributed by atoms with Crippen LogP contribution in [0.1, 0.15) is 43.9 Å². The van der Waals surface area contributed by atoms with Crippen LogP contribution in [-0.2, 0) is 5.41 Å². The van der Waals surface area contributed by atoms with Crippen LogP contribution >= 0.6 is 0 Å². The highest BCUT2D eigenvalue weighted by Gasteiger charge is 2.41. The molecule has 2 amide bonds. The molecule has 2 aliphatic heterocycles. The molecule has 1 atom stereocenters. The molecule has 1 aromatic carbocycles. The summed E-state index contributed by atoms with van der Waals surface area (Å²) in [6.45, 7) is 8.36. The van der Waals surface area contributed by atoms with Gasteiger partial charge in [0.25, 0.3) is 0 Å². The molecule has 2 fully saturated rings. The van der Waals surface area contributed by atoms with Gasteiger partial charge in [-0.3, -0.25) is 4.90 Å². The normalized spacial score (nSPS) is 27.0. The highest BCUT2D eigenvalue weighted by molar-refractivity contribution is 5.75. The Balaban J connectivity index is 1.58. The smallest absolute Gasteiger partial charge is 0.317 e. The number of hydrogen-bond donors (Lipinski definition) is 1. The Bertz CT molecular complexity index is 594. The summed E-state index contributed by atoms with van der Waals surface area (Å²) in [6, 6.07) is 9.68. The van der Waals surface area contributed by atoms with Crippen molar-refractivity contribution in [3.8, 4) is 0 Å². The van der Waals surface area contributed by atoms with Crippen molar-refractivity contribution in [1.29, 1.82) is 0 Å². The van der Waals surface area contributed by atoms with E-state index < -0.39 is 0 Å². The van der Waals surface area contributed by atoms with Gasteiger partial charge in [0.15, 0.2) is 0 Å². The van der Waals surface area contributed by atoms with Gasteiger partial charge in [-0.2, -0.15) is 0 Å². The number of rotatable bonds is 1. The van der Waals surface area contributed by atoms with Crippen LogP contribution < -0.4 is 5.32 Å². The second kappa shape index (κ2) is 4.98. The monoisotopic (exact) mass is 299 g/mol. The second-order valence-corrected chi connectivity index (χ2v) is 7.63. The molecule has 1 aromatic rings. The first-order valence-corrected chi connectivity index (χ1v) is 8.43. The molecule has 1 saturated heterocycles. The van der Waals surface area contributed by atoms with Crippen molar-refractivity contribution < 1.29 is 4.79 Å². The first-order chi connectivity index (χ1) is 10.5. The number of carbonyl (C=O) groups is 1. The van der Waals surface area contributed by atoms with E-state index in [1.165, 1.54) is 11.1 Å². The maximum Gasteiger partial charge on any atom is 0.317 e. The summed E-state index contributed by atoms with van der Waals surface area (Å²) in [5.41, 5.74) is 3.04. The lowest BCUT2D eigenvalue weighted by atomic mass is 9.75. The summed E-state index contributed by atoms with van der Waals surface area (Å²) < 4.78 is 0. The lowest BCUT2D eigenvalue weighted by Gasteiger charge is -2.49. The Labute approximate surface area is 132 Å². The number of nitrogens with one attached hydrogen (secondary N) is 1. The van der Waals surface area contributed by atoms with Crippen LogP contribution in [-0.4, -0.2) is 48.1 Å². The van der Waals surface area contributed by atoms with Gasteiger partial charge in [-0.1, -0.05) is 38.1 Å². The molecule has 4 rings (SSSR count). The fourth-order valence-electron chi connectivity index (χ4n) is 3.98. The summed E-state index contributed by atoms with van der Waals surface area (Å²) in [5, 5.41) is 3.13. The molecule has 0 bridgehead atoms. The highest BCUT2D eigenvalue weighted by atomic mass is 16.2. The Morgan fingerprint density at radius 1 is 1.23 bits per heavy atom. The molecule has 0 aromatic heterocycles. The van der Waals surface area contributed by atoms with E-state index >= 15 is 0 Å². The van der Waals surface area contributed by atoms with Gasteiger partial charge < -0.3 is 10.2 Å². The lowest BCUT2D eigenvalue weighted by Crippen LogP contribution is -2.57. The zero-order chi connectivity index (χ0) is 15.3. The van der Waals surface area contributed by atoms with E-state index in [2.05, 4.69) is 48.3 Å². The van der Waals surface area contributed by atoms with E-state index in [1.54, 1.807) is 0 Å².